The number of hydrogen-bond donors (Lipinski definition) is 0. The van der Waals surface area contributed by atoms with Crippen molar-refractivity contribution in [3.05, 3.63) is 63.7 Å². The van der Waals surface area contributed by atoms with Crippen LogP contribution >= 0.6 is 0 Å². The van der Waals surface area contributed by atoms with Gasteiger partial charge in [-0.2, -0.15) is 0 Å². The van der Waals surface area contributed by atoms with Crippen molar-refractivity contribution in [2.75, 3.05) is 22.9 Å². The van der Waals surface area contributed by atoms with E-state index in [0.717, 1.165) is 29.0 Å². The molecule has 9 nitrogen and oxygen atoms in total. The molecule has 2 aromatic rings. The third-order valence-corrected chi connectivity index (χ3v) is 8.11. The number of likely N-dealkylation sites (N-methyl/N-ethyl adjacent to an activating group) is 1. The molecule has 1 spiro atoms. The zero-order valence-corrected chi connectivity index (χ0v) is 18.9. The highest BCUT2D eigenvalue weighted by Crippen LogP contribution is 2.61. The zero-order valence-electron chi connectivity index (χ0n) is 18.9. The third-order valence-electron chi connectivity index (χ3n) is 8.11. The minimum Gasteiger partial charge on any atom is -0.310 e. The quantitative estimate of drug-likeness (QED) is 0.396. The van der Waals surface area contributed by atoms with Gasteiger partial charge >= 0.3 is 0 Å². The van der Waals surface area contributed by atoms with Crippen molar-refractivity contribution < 1.29 is 19.3 Å². The van der Waals surface area contributed by atoms with Crippen molar-refractivity contribution in [1.29, 1.82) is 0 Å². The van der Waals surface area contributed by atoms with E-state index in [0.29, 0.717) is 18.7 Å². The molecule has 6 rings (SSSR count). The molecule has 0 aliphatic carbocycles. The van der Waals surface area contributed by atoms with Gasteiger partial charge in [-0.1, -0.05) is 24.3 Å². The van der Waals surface area contributed by atoms with Gasteiger partial charge in [-0.05, 0) is 44.9 Å². The lowest BCUT2D eigenvalue weighted by atomic mass is 9.75. The Morgan fingerprint density at radius 3 is 2.59 bits per heavy atom. The van der Waals surface area contributed by atoms with Gasteiger partial charge in [0.05, 0.1) is 22.4 Å². The molecule has 0 bridgehead atoms. The van der Waals surface area contributed by atoms with Gasteiger partial charge in [-0.3, -0.25) is 29.4 Å². The number of amides is 3. The Morgan fingerprint density at radius 2 is 1.85 bits per heavy atom. The number of nitro groups is 1. The summed E-state index contributed by atoms with van der Waals surface area (Å²) in [6, 6.07) is 11.5. The number of carbonyl (C=O) groups is 3. The van der Waals surface area contributed by atoms with Crippen LogP contribution in [0.15, 0.2) is 42.5 Å². The highest BCUT2D eigenvalue weighted by Gasteiger charge is 2.75. The number of benzene rings is 2. The number of rotatable bonds is 3. The first-order chi connectivity index (χ1) is 16.3. The van der Waals surface area contributed by atoms with E-state index < -0.39 is 28.2 Å². The van der Waals surface area contributed by atoms with Crippen molar-refractivity contribution in [1.82, 2.24) is 4.90 Å². The van der Waals surface area contributed by atoms with Gasteiger partial charge in [0.15, 0.2) is 0 Å². The molecule has 0 radical (unpaired) electrons. The number of hydrogen-bond acceptors (Lipinski definition) is 6. The summed E-state index contributed by atoms with van der Waals surface area (Å²) in [6.45, 7) is 4.73. The minimum absolute atomic E-state index is 0.158. The first-order valence-corrected chi connectivity index (χ1v) is 11.6. The van der Waals surface area contributed by atoms with E-state index >= 15 is 0 Å². The Bertz CT molecular complexity index is 1290. The van der Waals surface area contributed by atoms with Crippen LogP contribution in [-0.2, 0) is 19.9 Å². The molecule has 0 aromatic heterocycles. The largest absolute Gasteiger partial charge is 0.310 e. The second kappa shape index (κ2) is 6.96. The molecule has 3 fully saturated rings. The summed E-state index contributed by atoms with van der Waals surface area (Å²) in [5.41, 5.74) is 0.970. The third kappa shape index (κ3) is 2.30. The summed E-state index contributed by atoms with van der Waals surface area (Å²) >= 11 is 0. The summed E-state index contributed by atoms with van der Waals surface area (Å²) in [6.07, 6.45) is 1.57. The first-order valence-electron chi connectivity index (χ1n) is 11.6. The summed E-state index contributed by atoms with van der Waals surface area (Å²) < 4.78 is 0. The van der Waals surface area contributed by atoms with Crippen LogP contribution in [-0.4, -0.2) is 46.7 Å². The maximum Gasteiger partial charge on any atom is 0.271 e. The second-order valence-corrected chi connectivity index (χ2v) is 9.48. The Balaban J connectivity index is 1.56. The Hall–Kier alpha value is -3.59. The van der Waals surface area contributed by atoms with E-state index in [1.54, 1.807) is 17.9 Å². The fourth-order valence-corrected chi connectivity index (χ4v) is 6.84. The molecular weight excluding hydrogens is 436 g/mol. The van der Waals surface area contributed by atoms with Crippen molar-refractivity contribution in [2.45, 2.75) is 38.3 Å². The predicted octanol–water partition coefficient (Wildman–Crippen LogP) is 2.75. The summed E-state index contributed by atoms with van der Waals surface area (Å²) in [5, 5.41) is 11.4. The second-order valence-electron chi connectivity index (χ2n) is 9.48. The average molecular weight is 460 g/mol. The van der Waals surface area contributed by atoms with E-state index in [1.165, 1.54) is 12.1 Å². The van der Waals surface area contributed by atoms with Crippen LogP contribution < -0.4 is 9.80 Å². The molecule has 4 heterocycles. The molecule has 4 aliphatic rings. The Morgan fingerprint density at radius 1 is 1.09 bits per heavy atom. The van der Waals surface area contributed by atoms with Crippen LogP contribution in [0.1, 0.15) is 30.9 Å². The maximum absolute atomic E-state index is 14.1. The van der Waals surface area contributed by atoms with Gasteiger partial charge in [0, 0.05) is 36.0 Å². The molecule has 3 saturated heterocycles. The number of aryl methyl sites for hydroxylation is 1. The van der Waals surface area contributed by atoms with E-state index in [-0.39, 0.29) is 29.2 Å². The summed E-state index contributed by atoms with van der Waals surface area (Å²) in [5.74, 6) is -2.51. The lowest BCUT2D eigenvalue weighted by Crippen LogP contribution is -2.56. The Kier molecular flexibility index (Phi) is 4.29. The monoisotopic (exact) mass is 460 g/mol. The van der Waals surface area contributed by atoms with Gasteiger partial charge in [0.25, 0.3) is 11.6 Å². The number of carbonyl (C=O) groups excluding carboxylic acids is 3. The molecule has 2 aromatic carbocycles. The first kappa shape index (κ1) is 21.0. The molecule has 0 unspecified atom stereocenters. The summed E-state index contributed by atoms with van der Waals surface area (Å²) in [7, 11) is 0. The maximum atomic E-state index is 14.1. The molecule has 0 saturated carbocycles. The topological polar surface area (TPSA) is 104 Å². The van der Waals surface area contributed by atoms with Gasteiger partial charge in [-0.15, -0.1) is 0 Å². The SMILES string of the molecule is CCN1C(=O)[C@@]2(c3ccccc31)[C@@H]1C(=O)N(c3cc([N+](=O)[O-])ccc3C)C(=O)[C@@H]1[C@@H]1CCCN12. The van der Waals surface area contributed by atoms with Crippen LogP contribution in [0.3, 0.4) is 0 Å². The fourth-order valence-electron chi connectivity index (χ4n) is 6.84. The highest BCUT2D eigenvalue weighted by molar-refractivity contribution is 6.26. The Labute approximate surface area is 196 Å². The predicted molar refractivity (Wildman–Crippen MR) is 123 cm³/mol. The molecule has 4 aliphatic heterocycles. The number of nitrogens with zero attached hydrogens (tertiary/aromatic N) is 4. The number of para-hydroxylation sites is 1. The molecule has 174 valence electrons. The lowest BCUT2D eigenvalue weighted by molar-refractivity contribution is -0.384. The van der Waals surface area contributed by atoms with Gasteiger partial charge in [0.2, 0.25) is 11.8 Å². The molecule has 4 atom stereocenters. The number of nitro benzene ring substituents is 1. The van der Waals surface area contributed by atoms with Gasteiger partial charge in [-0.25, -0.2) is 4.90 Å². The number of imide groups is 1. The van der Waals surface area contributed by atoms with E-state index in [2.05, 4.69) is 4.90 Å². The van der Waals surface area contributed by atoms with E-state index in [4.69, 9.17) is 0 Å². The van der Waals surface area contributed by atoms with Crippen LogP contribution in [0.4, 0.5) is 17.1 Å². The number of non-ortho nitro benzene ring substituents is 1. The van der Waals surface area contributed by atoms with Crippen molar-refractivity contribution in [2.24, 2.45) is 11.8 Å². The van der Waals surface area contributed by atoms with Crippen LogP contribution in [0.25, 0.3) is 0 Å². The summed E-state index contributed by atoms with van der Waals surface area (Å²) in [4.78, 5) is 57.9. The fraction of sp³-hybridized carbons (Fsp3) is 0.400. The average Bonchev–Trinajstić information content (AvgIpc) is 3.52. The molecule has 0 N–H and O–H groups in total. The van der Waals surface area contributed by atoms with Crippen molar-refractivity contribution in [3.8, 4) is 0 Å². The van der Waals surface area contributed by atoms with Gasteiger partial charge in [0.1, 0.15) is 5.54 Å². The number of fused-ring (bicyclic) bond motifs is 7. The zero-order chi connectivity index (χ0) is 23.9. The highest BCUT2D eigenvalue weighted by atomic mass is 16.6. The molecule has 9 heteroatoms. The van der Waals surface area contributed by atoms with Crippen molar-refractivity contribution >= 4 is 34.8 Å². The standard InChI is InChI=1S/C25H24N4O5/c1-3-26-17-8-5-4-7-16(17)25(24(26)32)21-20(18-9-6-12-27(18)25)22(30)28(23(21)31)19-13-15(29(33)34)11-10-14(19)2/h4-5,7-8,10-11,13,18,20-21H,3,6,9,12H2,1-2H3/t18-,20+,21-,25+/m0/s1. The van der Waals surface area contributed by atoms with E-state index in [1.807, 2.05) is 31.2 Å². The van der Waals surface area contributed by atoms with Crippen molar-refractivity contribution in [3.63, 3.8) is 0 Å². The van der Waals surface area contributed by atoms with E-state index in [9.17, 15) is 24.5 Å². The molecular formula is C25H24N4O5. The van der Waals surface area contributed by atoms with Crippen LogP contribution in [0.5, 0.6) is 0 Å². The van der Waals surface area contributed by atoms with Gasteiger partial charge < -0.3 is 4.90 Å². The normalized spacial score (nSPS) is 29.8. The molecule has 34 heavy (non-hydrogen) atoms. The number of anilines is 2. The smallest absolute Gasteiger partial charge is 0.271 e. The molecule has 3 amide bonds. The lowest BCUT2D eigenvalue weighted by Gasteiger charge is -2.37. The minimum atomic E-state index is -1.23. The van der Waals surface area contributed by atoms with Crippen LogP contribution in [0, 0.1) is 28.9 Å². The van der Waals surface area contributed by atoms with Crippen LogP contribution in [0.2, 0.25) is 0 Å².